The minimum absolute atomic E-state index is 0. The normalized spacial score (nSPS) is 17.1. The summed E-state index contributed by atoms with van der Waals surface area (Å²) in [5, 5.41) is 0. The van der Waals surface area contributed by atoms with Crippen LogP contribution in [-0.2, 0) is 17.1 Å². The van der Waals surface area contributed by atoms with Crippen LogP contribution < -0.4 is 0 Å². The van der Waals surface area contributed by atoms with Gasteiger partial charge in [-0.1, -0.05) is 36.5 Å². The molecule has 0 amide bonds. The molecule has 13 heavy (non-hydrogen) atoms. The SMILES string of the molecule is IC1=CC=CC1.IC1=CC=CC1.[Fe]. The van der Waals surface area contributed by atoms with E-state index in [1.807, 2.05) is 0 Å². The second kappa shape index (κ2) is 8.26. The van der Waals surface area contributed by atoms with E-state index < -0.39 is 0 Å². The topological polar surface area (TPSA) is 0 Å². The van der Waals surface area contributed by atoms with Gasteiger partial charge in [-0.05, 0) is 65.2 Å². The second-order valence-electron chi connectivity index (χ2n) is 2.49. The van der Waals surface area contributed by atoms with Gasteiger partial charge in [0.25, 0.3) is 0 Å². The molecular formula is C10H10FeI2. The second-order valence-corrected chi connectivity index (χ2v) is 5.26. The van der Waals surface area contributed by atoms with Gasteiger partial charge in [0.05, 0.1) is 0 Å². The number of hydrogen-bond donors (Lipinski definition) is 0. The Bertz CT molecular complexity index is 234. The number of allylic oxidation sites excluding steroid dienone is 8. The molecule has 0 nitrogen and oxygen atoms in total. The van der Waals surface area contributed by atoms with Crippen molar-refractivity contribution in [3.05, 3.63) is 43.6 Å². The van der Waals surface area contributed by atoms with E-state index in [1.165, 1.54) is 7.16 Å². The average molecular weight is 440 g/mol. The van der Waals surface area contributed by atoms with Gasteiger partial charge >= 0.3 is 0 Å². The summed E-state index contributed by atoms with van der Waals surface area (Å²) in [6.07, 6.45) is 15.0. The molecule has 0 heterocycles. The summed E-state index contributed by atoms with van der Waals surface area (Å²) in [6.45, 7) is 0. The predicted octanol–water partition coefficient (Wildman–Crippen LogP) is 4.53. The predicted molar refractivity (Wildman–Crippen MR) is 71.7 cm³/mol. The van der Waals surface area contributed by atoms with Crippen molar-refractivity contribution in [3.63, 3.8) is 0 Å². The van der Waals surface area contributed by atoms with Gasteiger partial charge in [-0.3, -0.25) is 0 Å². The van der Waals surface area contributed by atoms with Gasteiger partial charge < -0.3 is 0 Å². The maximum Gasteiger partial charge on any atom is 0 e. The minimum Gasteiger partial charge on any atom is -0.0796 e. The summed E-state index contributed by atoms with van der Waals surface area (Å²) in [6, 6.07) is 0. The van der Waals surface area contributed by atoms with Crippen molar-refractivity contribution in [3.8, 4) is 0 Å². The zero-order chi connectivity index (χ0) is 8.81. The molecule has 0 spiro atoms. The van der Waals surface area contributed by atoms with Crippen LogP contribution in [0.2, 0.25) is 0 Å². The largest absolute Gasteiger partial charge is 0.0796 e. The zero-order valence-corrected chi connectivity index (χ0v) is 12.4. The Kier molecular flexibility index (Phi) is 8.86. The molecule has 2 rings (SSSR count). The third-order valence-corrected chi connectivity index (χ3v) is 3.05. The molecule has 0 aromatic heterocycles. The van der Waals surface area contributed by atoms with E-state index in [4.69, 9.17) is 0 Å². The first kappa shape index (κ1) is 13.9. The molecule has 2 aliphatic rings. The number of hydrogen-bond acceptors (Lipinski definition) is 0. The van der Waals surface area contributed by atoms with Crippen molar-refractivity contribution >= 4 is 45.2 Å². The Hall–Kier alpha value is 0.939. The van der Waals surface area contributed by atoms with Crippen LogP contribution in [0, 0.1) is 0 Å². The summed E-state index contributed by atoms with van der Waals surface area (Å²) >= 11 is 4.66. The Morgan fingerprint density at radius 2 is 1.23 bits per heavy atom. The fourth-order valence-corrected chi connectivity index (χ4v) is 1.77. The van der Waals surface area contributed by atoms with Crippen LogP contribution >= 0.6 is 45.2 Å². The molecule has 72 valence electrons. The Morgan fingerprint density at radius 3 is 1.31 bits per heavy atom. The van der Waals surface area contributed by atoms with E-state index in [-0.39, 0.29) is 17.1 Å². The molecule has 0 aromatic carbocycles. The van der Waals surface area contributed by atoms with E-state index in [0.29, 0.717) is 0 Å². The fraction of sp³-hybridized carbons (Fsp3) is 0.200. The summed E-state index contributed by atoms with van der Waals surface area (Å²) < 4.78 is 2.88. The maximum absolute atomic E-state index is 2.33. The summed E-state index contributed by atoms with van der Waals surface area (Å²) in [7, 11) is 0. The summed E-state index contributed by atoms with van der Waals surface area (Å²) in [5.41, 5.74) is 0. The van der Waals surface area contributed by atoms with Crippen LogP contribution in [0.5, 0.6) is 0 Å². The van der Waals surface area contributed by atoms with E-state index >= 15 is 0 Å². The molecule has 0 aliphatic heterocycles. The Morgan fingerprint density at radius 1 is 0.846 bits per heavy atom. The standard InChI is InChI=1S/2C5H5I.Fe/c2*6-5-3-1-2-4-5;/h2*1-3H,4H2;. The molecule has 0 atom stereocenters. The molecule has 0 N–H and O–H groups in total. The molecular weight excluding hydrogens is 430 g/mol. The average Bonchev–Trinajstić information content (AvgIpc) is 2.63. The first-order valence-corrected chi connectivity index (χ1v) is 5.97. The number of halogens is 2. The van der Waals surface area contributed by atoms with Gasteiger partial charge in [-0.15, -0.1) is 0 Å². The van der Waals surface area contributed by atoms with Crippen molar-refractivity contribution < 1.29 is 17.1 Å². The van der Waals surface area contributed by atoms with Crippen LogP contribution in [0.25, 0.3) is 0 Å². The van der Waals surface area contributed by atoms with Crippen LogP contribution in [0.4, 0.5) is 0 Å². The van der Waals surface area contributed by atoms with Crippen molar-refractivity contribution in [1.82, 2.24) is 0 Å². The van der Waals surface area contributed by atoms with E-state index in [2.05, 4.69) is 81.6 Å². The number of rotatable bonds is 0. The van der Waals surface area contributed by atoms with Gasteiger partial charge in [0.2, 0.25) is 0 Å². The maximum atomic E-state index is 2.33. The molecule has 0 saturated carbocycles. The van der Waals surface area contributed by atoms with E-state index in [0.717, 1.165) is 12.8 Å². The van der Waals surface area contributed by atoms with Crippen LogP contribution in [-0.4, -0.2) is 0 Å². The molecule has 0 bridgehead atoms. The fourth-order valence-electron chi connectivity index (χ4n) is 0.842. The van der Waals surface area contributed by atoms with Gasteiger partial charge in [-0.2, -0.15) is 0 Å². The van der Waals surface area contributed by atoms with Crippen LogP contribution in [0.15, 0.2) is 43.6 Å². The molecule has 0 aromatic rings. The Labute approximate surface area is 117 Å². The summed E-state index contributed by atoms with van der Waals surface area (Å²) in [5.74, 6) is 0. The summed E-state index contributed by atoms with van der Waals surface area (Å²) in [4.78, 5) is 0. The first-order valence-electron chi connectivity index (χ1n) is 3.81. The monoisotopic (exact) mass is 440 g/mol. The van der Waals surface area contributed by atoms with Crippen molar-refractivity contribution in [2.24, 2.45) is 0 Å². The zero-order valence-electron chi connectivity index (χ0n) is 6.99. The van der Waals surface area contributed by atoms with E-state index in [9.17, 15) is 0 Å². The molecule has 3 heteroatoms. The molecule has 0 radical (unpaired) electrons. The molecule has 0 fully saturated rings. The van der Waals surface area contributed by atoms with Gasteiger partial charge in [0.1, 0.15) is 0 Å². The van der Waals surface area contributed by atoms with Crippen molar-refractivity contribution in [2.75, 3.05) is 0 Å². The van der Waals surface area contributed by atoms with Crippen LogP contribution in [0.3, 0.4) is 0 Å². The third kappa shape index (κ3) is 6.94. The van der Waals surface area contributed by atoms with Gasteiger partial charge in [-0.25, -0.2) is 0 Å². The third-order valence-electron chi connectivity index (χ3n) is 1.45. The van der Waals surface area contributed by atoms with Crippen molar-refractivity contribution in [2.45, 2.75) is 12.8 Å². The molecule has 2 aliphatic carbocycles. The van der Waals surface area contributed by atoms with Crippen molar-refractivity contribution in [1.29, 1.82) is 0 Å². The van der Waals surface area contributed by atoms with Gasteiger partial charge in [0.15, 0.2) is 0 Å². The minimum atomic E-state index is 0. The van der Waals surface area contributed by atoms with Crippen LogP contribution in [0.1, 0.15) is 12.8 Å². The van der Waals surface area contributed by atoms with E-state index in [1.54, 1.807) is 0 Å². The van der Waals surface area contributed by atoms with Gasteiger partial charge in [0, 0.05) is 17.1 Å². The molecule has 0 unspecified atom stereocenters. The quantitative estimate of drug-likeness (QED) is 0.384. The first-order chi connectivity index (χ1) is 5.79. The Balaban J connectivity index is 0.000000206. The smallest absolute Gasteiger partial charge is 0 e. The molecule has 0 saturated heterocycles.